The third-order valence-corrected chi connectivity index (χ3v) is 6.13. The summed E-state index contributed by atoms with van der Waals surface area (Å²) in [7, 11) is 0. The molecular formula is C15H16N2O5S. The molecule has 0 radical (unpaired) electrons. The van der Waals surface area contributed by atoms with Gasteiger partial charge in [-0.15, -0.1) is 11.8 Å². The van der Waals surface area contributed by atoms with E-state index < -0.39 is 9.67 Å². The van der Waals surface area contributed by atoms with Gasteiger partial charge in [0.25, 0.3) is 5.69 Å². The van der Waals surface area contributed by atoms with Crippen LogP contribution in [0.2, 0.25) is 0 Å². The largest absolute Gasteiger partial charge is 0.460 e. The average Bonchev–Trinajstić information content (AvgIpc) is 2.72. The number of carbonyl (C=O) groups excluding carboxylic acids is 2. The molecule has 0 bridgehead atoms. The van der Waals surface area contributed by atoms with Crippen LogP contribution in [0, 0.1) is 10.1 Å². The number of carbonyl (C=O) groups is 2. The molecule has 2 aliphatic rings. The Labute approximate surface area is 137 Å². The van der Waals surface area contributed by atoms with Crippen molar-refractivity contribution in [3.05, 3.63) is 39.9 Å². The summed E-state index contributed by atoms with van der Waals surface area (Å²) in [4.78, 5) is 35.9. The Morgan fingerprint density at radius 3 is 2.65 bits per heavy atom. The van der Waals surface area contributed by atoms with Gasteiger partial charge in [0.2, 0.25) is 5.91 Å². The first-order chi connectivity index (χ1) is 10.8. The molecule has 2 unspecified atom stereocenters. The van der Waals surface area contributed by atoms with E-state index in [0.717, 1.165) is 0 Å². The molecule has 1 aromatic rings. The Hall–Kier alpha value is -2.09. The number of rotatable bonds is 4. The fourth-order valence-electron chi connectivity index (χ4n) is 2.84. The molecule has 2 aliphatic heterocycles. The van der Waals surface area contributed by atoms with Crippen LogP contribution in [-0.4, -0.2) is 37.9 Å². The molecule has 0 N–H and O–H groups in total. The van der Waals surface area contributed by atoms with Crippen molar-refractivity contribution < 1.29 is 19.2 Å². The smallest absolute Gasteiger partial charge is 0.324 e. The van der Waals surface area contributed by atoms with Crippen LogP contribution in [-0.2, 0) is 20.9 Å². The average molecular weight is 336 g/mol. The highest BCUT2D eigenvalue weighted by atomic mass is 32.2. The van der Waals surface area contributed by atoms with Crippen LogP contribution in [0.25, 0.3) is 0 Å². The second-order valence-electron chi connectivity index (χ2n) is 5.86. The topological polar surface area (TPSA) is 89.8 Å². The lowest BCUT2D eigenvalue weighted by Gasteiger charge is -2.37. The van der Waals surface area contributed by atoms with Crippen molar-refractivity contribution >= 4 is 29.3 Å². The Bertz CT molecular complexity index is 677. The summed E-state index contributed by atoms with van der Waals surface area (Å²) in [6.07, 6.45) is 0.472. The lowest BCUT2D eigenvalue weighted by Crippen LogP contribution is -2.54. The molecule has 2 heterocycles. The van der Waals surface area contributed by atoms with Gasteiger partial charge >= 0.3 is 5.97 Å². The summed E-state index contributed by atoms with van der Waals surface area (Å²) in [5.74, 6) is -0.294. The summed E-state index contributed by atoms with van der Waals surface area (Å²) in [5, 5.41) is 10.7. The first-order valence-electron chi connectivity index (χ1n) is 7.22. The summed E-state index contributed by atoms with van der Waals surface area (Å²) >= 11 is 1.47. The van der Waals surface area contributed by atoms with Gasteiger partial charge in [0.15, 0.2) is 0 Å². The van der Waals surface area contributed by atoms with Gasteiger partial charge in [0.05, 0.1) is 22.8 Å². The van der Waals surface area contributed by atoms with Crippen molar-refractivity contribution in [1.29, 1.82) is 0 Å². The molecule has 7 nitrogen and oxygen atoms in total. The molecule has 2 fully saturated rings. The molecule has 1 aromatic carbocycles. The summed E-state index contributed by atoms with van der Waals surface area (Å²) in [6, 6.07) is 5.68. The van der Waals surface area contributed by atoms with Crippen LogP contribution in [0.4, 0.5) is 5.69 Å². The van der Waals surface area contributed by atoms with E-state index in [4.69, 9.17) is 4.74 Å². The van der Waals surface area contributed by atoms with Crippen LogP contribution in [0.15, 0.2) is 24.3 Å². The Balaban J connectivity index is 1.63. The quantitative estimate of drug-likeness (QED) is 0.362. The van der Waals surface area contributed by atoms with Crippen molar-refractivity contribution in [2.24, 2.45) is 0 Å². The van der Waals surface area contributed by atoms with E-state index in [1.165, 1.54) is 23.9 Å². The van der Waals surface area contributed by atoms with Crippen LogP contribution in [0.5, 0.6) is 0 Å². The van der Waals surface area contributed by atoms with Gasteiger partial charge in [-0.1, -0.05) is 0 Å². The van der Waals surface area contributed by atoms with Crippen LogP contribution < -0.4 is 0 Å². The van der Waals surface area contributed by atoms with E-state index in [-0.39, 0.29) is 35.6 Å². The highest BCUT2D eigenvalue weighted by molar-refractivity contribution is 8.02. The number of benzene rings is 1. The summed E-state index contributed by atoms with van der Waals surface area (Å²) in [6.45, 7) is 3.71. The van der Waals surface area contributed by atoms with E-state index in [1.807, 2.05) is 6.92 Å². The van der Waals surface area contributed by atoms with Gasteiger partial charge in [-0.3, -0.25) is 19.7 Å². The normalized spacial score (nSPS) is 29.0. The van der Waals surface area contributed by atoms with Crippen molar-refractivity contribution in [3.63, 3.8) is 0 Å². The van der Waals surface area contributed by atoms with Crippen molar-refractivity contribution in [2.45, 2.75) is 43.0 Å². The van der Waals surface area contributed by atoms with E-state index in [1.54, 1.807) is 24.0 Å². The molecule has 1 amide bonds. The number of hydrogen-bond acceptors (Lipinski definition) is 6. The molecular weight excluding hydrogens is 320 g/mol. The maximum atomic E-state index is 12.5. The number of hydrogen-bond donors (Lipinski definition) is 0. The standard InChI is InChI=1S/C15H16N2O5S/c1-9-15(2,23-13-7-12(18)16(9)13)14(19)22-8-10-3-5-11(6-4-10)17(20)21/h3-6,9,13H,7-8H2,1-2H3/t9?,13-,15?/m1/s1. The number of β-lactam (4-membered cyclic amide) rings is 1. The minimum absolute atomic E-state index is 0.00473. The lowest BCUT2D eigenvalue weighted by atomic mass is 9.98. The molecule has 3 atom stereocenters. The third-order valence-electron chi connectivity index (χ3n) is 4.47. The number of fused-ring (bicyclic) bond motifs is 1. The van der Waals surface area contributed by atoms with Gasteiger partial charge in [0.1, 0.15) is 11.4 Å². The van der Waals surface area contributed by atoms with Crippen molar-refractivity contribution in [1.82, 2.24) is 4.90 Å². The van der Waals surface area contributed by atoms with Gasteiger partial charge in [-0.05, 0) is 31.5 Å². The Morgan fingerprint density at radius 1 is 1.48 bits per heavy atom. The van der Waals surface area contributed by atoms with Gasteiger partial charge in [-0.2, -0.15) is 0 Å². The summed E-state index contributed by atoms with van der Waals surface area (Å²) < 4.78 is 4.60. The molecule has 0 spiro atoms. The van der Waals surface area contributed by atoms with Crippen LogP contribution >= 0.6 is 11.8 Å². The summed E-state index contributed by atoms with van der Waals surface area (Å²) in [5.41, 5.74) is 0.678. The monoisotopic (exact) mass is 336 g/mol. The highest BCUT2D eigenvalue weighted by Crippen LogP contribution is 2.51. The highest BCUT2D eigenvalue weighted by Gasteiger charge is 2.59. The third kappa shape index (κ3) is 2.56. The fourth-order valence-corrected chi connectivity index (χ4v) is 4.51. The number of esters is 1. The first kappa shape index (κ1) is 15.8. The van der Waals surface area contributed by atoms with Gasteiger partial charge < -0.3 is 9.64 Å². The van der Waals surface area contributed by atoms with Crippen LogP contribution in [0.1, 0.15) is 25.8 Å². The van der Waals surface area contributed by atoms with Crippen LogP contribution in [0.3, 0.4) is 0 Å². The molecule has 8 heteroatoms. The van der Waals surface area contributed by atoms with Gasteiger partial charge in [0, 0.05) is 12.1 Å². The molecule has 23 heavy (non-hydrogen) atoms. The minimum atomic E-state index is -0.780. The number of thioether (sulfide) groups is 1. The zero-order valence-corrected chi connectivity index (χ0v) is 13.5. The second-order valence-corrected chi connectivity index (χ2v) is 7.49. The SMILES string of the molecule is CC1N2C(=O)C[C@H]2SC1(C)C(=O)OCc1ccc([N+](=O)[O-])cc1. The van der Waals surface area contributed by atoms with E-state index in [2.05, 4.69) is 0 Å². The second kappa shape index (κ2) is 5.52. The number of nitrogens with zero attached hydrogens (tertiary/aromatic N) is 2. The van der Waals surface area contributed by atoms with E-state index in [0.29, 0.717) is 12.0 Å². The minimum Gasteiger partial charge on any atom is -0.460 e. The van der Waals surface area contributed by atoms with E-state index >= 15 is 0 Å². The van der Waals surface area contributed by atoms with E-state index in [9.17, 15) is 19.7 Å². The maximum absolute atomic E-state index is 12.5. The molecule has 0 aliphatic carbocycles. The number of amides is 1. The zero-order valence-electron chi connectivity index (χ0n) is 12.7. The molecule has 0 aromatic heterocycles. The number of nitro groups is 1. The molecule has 122 valence electrons. The van der Waals surface area contributed by atoms with Crippen molar-refractivity contribution in [2.75, 3.05) is 0 Å². The Kier molecular flexibility index (Phi) is 3.79. The fraction of sp³-hybridized carbons (Fsp3) is 0.467. The maximum Gasteiger partial charge on any atom is 0.324 e. The van der Waals surface area contributed by atoms with Gasteiger partial charge in [-0.25, -0.2) is 0 Å². The molecule has 2 saturated heterocycles. The first-order valence-corrected chi connectivity index (χ1v) is 8.10. The Morgan fingerprint density at radius 2 is 2.13 bits per heavy atom. The zero-order chi connectivity index (χ0) is 16.8. The molecule has 3 rings (SSSR count). The van der Waals surface area contributed by atoms with Crippen molar-refractivity contribution in [3.8, 4) is 0 Å². The predicted molar refractivity (Wildman–Crippen MR) is 83.6 cm³/mol. The lowest BCUT2D eigenvalue weighted by molar-refractivity contribution is -0.384. The number of nitro benzene ring substituents is 1. The number of non-ortho nitro benzene ring substituents is 1. The predicted octanol–water partition coefficient (Wildman–Crippen LogP) is 2.09. The molecule has 0 saturated carbocycles. The number of ether oxygens (including phenoxy) is 1.